The summed E-state index contributed by atoms with van der Waals surface area (Å²) in [6, 6.07) is 9.70. The van der Waals surface area contributed by atoms with Crippen molar-refractivity contribution in [2.24, 2.45) is 0 Å². The predicted molar refractivity (Wildman–Crippen MR) is 123 cm³/mol. The molecule has 0 spiro atoms. The summed E-state index contributed by atoms with van der Waals surface area (Å²) in [5.74, 6) is -0.848. The number of aromatic nitrogens is 3. The van der Waals surface area contributed by atoms with E-state index in [1.165, 1.54) is 17.2 Å². The van der Waals surface area contributed by atoms with Gasteiger partial charge in [-0.05, 0) is 55.0 Å². The van der Waals surface area contributed by atoms with Crippen LogP contribution in [0, 0.1) is 12.7 Å². The van der Waals surface area contributed by atoms with Crippen molar-refractivity contribution in [2.45, 2.75) is 26.2 Å². The zero-order valence-corrected chi connectivity index (χ0v) is 19.0. The molecule has 11 heteroatoms. The van der Waals surface area contributed by atoms with Crippen LogP contribution in [0.1, 0.15) is 32.9 Å². The number of rotatable bonds is 5. The first-order chi connectivity index (χ1) is 16.5. The van der Waals surface area contributed by atoms with Gasteiger partial charge in [-0.3, -0.25) is 14.8 Å². The molecule has 0 aliphatic heterocycles. The molecule has 0 atom stereocenters. The maximum absolute atomic E-state index is 14.4. The first-order valence-electron chi connectivity index (χ1n) is 10.3. The SMILES string of the molecule is Cc1cc2cc(C(=O)N(Cc3ccc(C(F)(F)F)cn3)Cc3ncc(Cl)cc3F)ccc2nc1N. The van der Waals surface area contributed by atoms with Crippen LogP contribution in [-0.2, 0) is 19.3 Å². The van der Waals surface area contributed by atoms with Gasteiger partial charge in [0, 0.05) is 23.3 Å². The molecule has 0 aliphatic rings. The summed E-state index contributed by atoms with van der Waals surface area (Å²) in [6.07, 6.45) is -2.61. The number of carbonyl (C=O) groups is 1. The molecule has 180 valence electrons. The minimum Gasteiger partial charge on any atom is -0.383 e. The van der Waals surface area contributed by atoms with Gasteiger partial charge in [0.2, 0.25) is 0 Å². The molecule has 4 aromatic rings. The van der Waals surface area contributed by atoms with Crippen LogP contribution in [0.3, 0.4) is 0 Å². The summed E-state index contributed by atoms with van der Waals surface area (Å²) in [5.41, 5.74) is 6.66. The first kappa shape index (κ1) is 24.3. The van der Waals surface area contributed by atoms with E-state index in [4.69, 9.17) is 17.3 Å². The zero-order valence-electron chi connectivity index (χ0n) is 18.3. The molecule has 0 saturated heterocycles. The number of hydrogen-bond acceptors (Lipinski definition) is 5. The van der Waals surface area contributed by atoms with E-state index in [1.54, 1.807) is 31.2 Å². The number of fused-ring (bicyclic) bond motifs is 1. The largest absolute Gasteiger partial charge is 0.417 e. The number of aryl methyl sites for hydroxylation is 1. The molecule has 3 aromatic heterocycles. The predicted octanol–water partition coefficient (Wildman–Crippen LogP) is 5.57. The van der Waals surface area contributed by atoms with Gasteiger partial charge in [-0.25, -0.2) is 9.37 Å². The topological polar surface area (TPSA) is 85.0 Å². The molecule has 2 N–H and O–H groups in total. The first-order valence-corrected chi connectivity index (χ1v) is 10.7. The highest BCUT2D eigenvalue weighted by atomic mass is 35.5. The number of halogens is 5. The Labute approximate surface area is 202 Å². The second kappa shape index (κ2) is 9.46. The summed E-state index contributed by atoms with van der Waals surface area (Å²) in [6.45, 7) is 1.34. The van der Waals surface area contributed by atoms with E-state index in [2.05, 4.69) is 15.0 Å². The highest BCUT2D eigenvalue weighted by Gasteiger charge is 2.31. The smallest absolute Gasteiger partial charge is 0.383 e. The van der Waals surface area contributed by atoms with Crippen molar-refractivity contribution < 1.29 is 22.4 Å². The monoisotopic (exact) mass is 503 g/mol. The van der Waals surface area contributed by atoms with E-state index >= 15 is 0 Å². The lowest BCUT2D eigenvalue weighted by Crippen LogP contribution is -2.31. The van der Waals surface area contributed by atoms with Crippen molar-refractivity contribution in [1.29, 1.82) is 0 Å². The Bertz CT molecular complexity index is 1410. The van der Waals surface area contributed by atoms with Gasteiger partial charge < -0.3 is 10.6 Å². The van der Waals surface area contributed by atoms with Crippen molar-refractivity contribution in [3.63, 3.8) is 0 Å². The Morgan fingerprint density at radius 1 is 1.06 bits per heavy atom. The molecule has 0 saturated carbocycles. The summed E-state index contributed by atoms with van der Waals surface area (Å²) in [5, 5.41) is 0.760. The van der Waals surface area contributed by atoms with E-state index in [0.29, 0.717) is 22.9 Å². The Hall–Kier alpha value is -3.79. The fourth-order valence-corrected chi connectivity index (χ4v) is 3.58. The standard InChI is InChI=1S/C24H18ClF4N5O/c1-13-6-15-7-14(2-5-20(15)33-22(13)30)23(35)34(12-21-19(26)8-17(25)10-32-21)11-18-4-3-16(9-31-18)24(27,28)29/h2-10H,11-12H2,1H3,(H2,30,33). The summed E-state index contributed by atoms with van der Waals surface area (Å²) < 4.78 is 53.1. The van der Waals surface area contributed by atoms with Crippen molar-refractivity contribution in [1.82, 2.24) is 19.9 Å². The number of carbonyl (C=O) groups excluding carboxylic acids is 1. The lowest BCUT2D eigenvalue weighted by atomic mass is 10.1. The Morgan fingerprint density at radius 2 is 1.83 bits per heavy atom. The van der Waals surface area contributed by atoms with Crippen LogP contribution >= 0.6 is 11.6 Å². The van der Waals surface area contributed by atoms with Crippen molar-refractivity contribution in [2.75, 3.05) is 5.73 Å². The Morgan fingerprint density at radius 3 is 2.49 bits per heavy atom. The second-order valence-corrected chi connectivity index (χ2v) is 8.31. The minimum atomic E-state index is -4.54. The molecule has 0 unspecified atom stereocenters. The van der Waals surface area contributed by atoms with E-state index in [1.807, 2.05) is 0 Å². The molecule has 0 radical (unpaired) electrons. The van der Waals surface area contributed by atoms with Gasteiger partial charge in [-0.2, -0.15) is 13.2 Å². The maximum atomic E-state index is 14.4. The molecule has 3 heterocycles. The summed E-state index contributed by atoms with van der Waals surface area (Å²) in [7, 11) is 0. The number of benzene rings is 1. The molecule has 1 amide bonds. The lowest BCUT2D eigenvalue weighted by molar-refractivity contribution is -0.137. The fraction of sp³-hybridized carbons (Fsp3) is 0.167. The molecule has 4 rings (SSSR count). The van der Waals surface area contributed by atoms with Gasteiger partial charge >= 0.3 is 6.18 Å². The van der Waals surface area contributed by atoms with Crippen molar-refractivity contribution in [3.05, 3.63) is 93.8 Å². The van der Waals surface area contributed by atoms with Gasteiger partial charge in [0.25, 0.3) is 5.91 Å². The average molecular weight is 504 g/mol. The van der Waals surface area contributed by atoms with Crippen LogP contribution in [0.25, 0.3) is 10.9 Å². The van der Waals surface area contributed by atoms with Crippen LogP contribution < -0.4 is 5.73 Å². The summed E-state index contributed by atoms with van der Waals surface area (Å²) >= 11 is 5.77. The summed E-state index contributed by atoms with van der Waals surface area (Å²) in [4.78, 5) is 26.8. The number of nitrogens with two attached hydrogens (primary N) is 1. The molecular formula is C24H18ClF4N5O. The van der Waals surface area contributed by atoms with Crippen molar-refractivity contribution >= 4 is 34.2 Å². The molecule has 1 aromatic carbocycles. The maximum Gasteiger partial charge on any atom is 0.417 e. The molecule has 0 bridgehead atoms. The Kier molecular flexibility index (Phi) is 6.58. The van der Waals surface area contributed by atoms with Crippen LogP contribution in [-0.4, -0.2) is 25.8 Å². The van der Waals surface area contributed by atoms with E-state index in [9.17, 15) is 22.4 Å². The van der Waals surface area contributed by atoms with Gasteiger partial charge in [0.1, 0.15) is 11.6 Å². The molecule has 6 nitrogen and oxygen atoms in total. The van der Waals surface area contributed by atoms with Crippen molar-refractivity contribution in [3.8, 4) is 0 Å². The quantitative estimate of drug-likeness (QED) is 0.360. The van der Waals surface area contributed by atoms with Crippen LogP contribution in [0.15, 0.2) is 54.9 Å². The molecule has 0 fully saturated rings. The van der Waals surface area contributed by atoms with E-state index < -0.39 is 23.5 Å². The average Bonchev–Trinajstić information content (AvgIpc) is 2.80. The number of alkyl halides is 3. The fourth-order valence-electron chi connectivity index (χ4n) is 3.43. The lowest BCUT2D eigenvalue weighted by Gasteiger charge is -2.23. The number of nitrogens with zero attached hydrogens (tertiary/aromatic N) is 4. The third kappa shape index (κ3) is 5.48. The number of amides is 1. The third-order valence-electron chi connectivity index (χ3n) is 5.31. The molecular weight excluding hydrogens is 486 g/mol. The molecule has 0 aliphatic carbocycles. The van der Waals surface area contributed by atoms with Gasteiger partial charge in [0.05, 0.1) is 40.6 Å². The van der Waals surface area contributed by atoms with Crippen LogP contribution in [0.4, 0.5) is 23.4 Å². The van der Waals surface area contributed by atoms with Gasteiger partial charge in [-0.1, -0.05) is 11.6 Å². The van der Waals surface area contributed by atoms with Gasteiger partial charge in [-0.15, -0.1) is 0 Å². The second-order valence-electron chi connectivity index (χ2n) is 7.88. The highest BCUT2D eigenvalue weighted by Crippen LogP contribution is 2.29. The normalized spacial score (nSPS) is 11.6. The number of pyridine rings is 3. The number of anilines is 1. The third-order valence-corrected chi connectivity index (χ3v) is 5.51. The zero-order chi connectivity index (χ0) is 25.3. The van der Waals surface area contributed by atoms with E-state index in [0.717, 1.165) is 17.7 Å². The number of hydrogen-bond donors (Lipinski definition) is 1. The van der Waals surface area contributed by atoms with Crippen LogP contribution in [0.2, 0.25) is 5.02 Å². The minimum absolute atomic E-state index is 0.0549. The van der Waals surface area contributed by atoms with Crippen LogP contribution in [0.5, 0.6) is 0 Å². The Balaban J connectivity index is 1.69. The molecule has 35 heavy (non-hydrogen) atoms. The highest BCUT2D eigenvalue weighted by molar-refractivity contribution is 6.30. The van der Waals surface area contributed by atoms with Gasteiger partial charge in [0.15, 0.2) is 0 Å². The van der Waals surface area contributed by atoms with E-state index in [-0.39, 0.29) is 35.1 Å². The number of nitrogen functional groups attached to an aromatic ring is 1.